The number of nitrogens with zero attached hydrogens (tertiary/aromatic N) is 5. The van der Waals surface area contributed by atoms with Crippen LogP contribution >= 0.6 is 11.3 Å². The number of benzene rings is 2. The number of carbonyl (C=O) groups is 2. The van der Waals surface area contributed by atoms with Crippen molar-refractivity contribution in [1.82, 2.24) is 40.0 Å². The monoisotopic (exact) mass is 879 g/mol. The molecule has 6 aromatic rings. The van der Waals surface area contributed by atoms with Crippen LogP contribution in [0, 0.1) is 0 Å². The fraction of sp³-hybridized carbons (Fsp3) is 0.413. The van der Waals surface area contributed by atoms with Crippen LogP contribution in [0.2, 0.25) is 0 Å². The Morgan fingerprint density at radius 3 is 1.75 bits per heavy atom. The minimum atomic E-state index is -0.276. The van der Waals surface area contributed by atoms with Gasteiger partial charge in [-0.2, -0.15) is 0 Å². The van der Waals surface area contributed by atoms with Gasteiger partial charge in [0.25, 0.3) is 22.9 Å². The number of fused-ring (bicyclic) bond motifs is 2. The highest BCUT2D eigenvalue weighted by Crippen LogP contribution is 2.27. The van der Waals surface area contributed by atoms with E-state index < -0.39 is 0 Å². The Morgan fingerprint density at radius 1 is 0.746 bits per heavy atom. The molecule has 17 heteroatoms. The van der Waals surface area contributed by atoms with Gasteiger partial charge in [-0.3, -0.25) is 19.2 Å². The zero-order valence-electron chi connectivity index (χ0n) is 36.4. The highest BCUT2D eigenvalue weighted by atomic mass is 32.1. The molecular weight excluding hydrogens is 823 g/mol. The lowest BCUT2D eigenvalue weighted by molar-refractivity contribution is 0.0956. The predicted octanol–water partition coefficient (Wildman–Crippen LogP) is 4.13. The van der Waals surface area contributed by atoms with Gasteiger partial charge in [0, 0.05) is 100 Å². The summed E-state index contributed by atoms with van der Waals surface area (Å²) >= 11 is 1.64. The van der Waals surface area contributed by atoms with Crippen molar-refractivity contribution >= 4 is 45.0 Å². The number of piperidine rings is 2. The molecule has 2 saturated heterocycles. The fourth-order valence-electron chi connectivity index (χ4n) is 8.28. The van der Waals surface area contributed by atoms with Crippen LogP contribution in [0.25, 0.3) is 32.4 Å². The lowest BCUT2D eigenvalue weighted by atomic mass is 10.0. The van der Waals surface area contributed by atoms with Gasteiger partial charge < -0.3 is 54.6 Å². The highest BCUT2D eigenvalue weighted by Gasteiger charge is 2.22. The summed E-state index contributed by atoms with van der Waals surface area (Å²) in [6.45, 7) is 7.11. The number of amides is 2. The summed E-state index contributed by atoms with van der Waals surface area (Å²) in [5.41, 5.74) is 8.68. The third-order valence-corrected chi connectivity index (χ3v) is 12.9. The molecule has 6 heterocycles. The highest BCUT2D eigenvalue weighted by molar-refractivity contribution is 7.13. The minimum absolute atomic E-state index is 0.182. The number of likely N-dealkylation sites (tertiary alicyclic amines) is 2. The van der Waals surface area contributed by atoms with E-state index in [2.05, 4.69) is 30.9 Å². The summed E-state index contributed by atoms with van der Waals surface area (Å²) in [5.74, 6) is 1.57. The first kappa shape index (κ1) is 45.2. The van der Waals surface area contributed by atoms with Crippen LogP contribution in [0.4, 0.5) is 0 Å². The third-order valence-electron chi connectivity index (χ3n) is 12.0. The lowest BCUT2D eigenvalue weighted by Gasteiger charge is -2.32. The molecule has 2 fully saturated rings. The summed E-state index contributed by atoms with van der Waals surface area (Å²) in [4.78, 5) is 56.0. The second-order valence-corrected chi connectivity index (χ2v) is 16.8. The summed E-state index contributed by atoms with van der Waals surface area (Å²) in [5, 5.41) is 16.5. The number of rotatable bonds is 14. The van der Waals surface area contributed by atoms with E-state index in [-0.39, 0.29) is 29.0 Å². The zero-order valence-corrected chi connectivity index (χ0v) is 37.2. The van der Waals surface area contributed by atoms with Gasteiger partial charge in [0.15, 0.2) is 5.76 Å². The molecule has 334 valence electrons. The topological polar surface area (TPSA) is 191 Å². The van der Waals surface area contributed by atoms with Crippen LogP contribution in [0.15, 0.2) is 86.2 Å². The predicted molar refractivity (Wildman–Crippen MR) is 246 cm³/mol. The molecule has 2 amide bonds. The Balaban J connectivity index is 0.000000201. The summed E-state index contributed by atoms with van der Waals surface area (Å²) in [6, 6.07) is 20.5. The number of hydrogen-bond acceptors (Lipinski definition) is 13. The van der Waals surface area contributed by atoms with Crippen molar-refractivity contribution in [3.05, 3.63) is 110 Å². The number of aromatic nitrogens is 3. The van der Waals surface area contributed by atoms with Gasteiger partial charge in [-0.05, 0) is 87.6 Å². The van der Waals surface area contributed by atoms with E-state index >= 15 is 0 Å². The van der Waals surface area contributed by atoms with Gasteiger partial charge in [-0.25, -0.2) is 0 Å². The van der Waals surface area contributed by atoms with Crippen LogP contribution in [-0.4, -0.2) is 116 Å². The fourth-order valence-corrected chi connectivity index (χ4v) is 8.95. The summed E-state index contributed by atoms with van der Waals surface area (Å²) in [6.07, 6.45) is 4.02. The van der Waals surface area contributed by atoms with Gasteiger partial charge in [-0.1, -0.05) is 11.2 Å². The molecule has 2 aliphatic rings. The molecule has 0 radical (unpaired) electrons. The van der Waals surface area contributed by atoms with Crippen molar-refractivity contribution in [2.75, 3.05) is 67.6 Å². The van der Waals surface area contributed by atoms with Crippen molar-refractivity contribution in [1.29, 1.82) is 0 Å². The van der Waals surface area contributed by atoms with E-state index in [1.165, 1.54) is 12.1 Å². The maximum Gasteiger partial charge on any atom is 0.251 e. The Hall–Kier alpha value is -5.85. The number of nitrogens with one attached hydrogen (secondary N) is 3. The van der Waals surface area contributed by atoms with Gasteiger partial charge in [0.1, 0.15) is 11.5 Å². The van der Waals surface area contributed by atoms with Crippen molar-refractivity contribution < 1.29 is 23.6 Å². The van der Waals surface area contributed by atoms with Crippen molar-refractivity contribution in [2.45, 2.75) is 57.4 Å². The molecule has 8 rings (SSSR count). The zero-order chi connectivity index (χ0) is 44.5. The van der Waals surface area contributed by atoms with Gasteiger partial charge in [0.2, 0.25) is 0 Å². The number of pyridine rings is 2. The second-order valence-electron chi connectivity index (χ2n) is 15.9. The molecule has 16 nitrogen and oxygen atoms in total. The lowest BCUT2D eigenvalue weighted by Crippen LogP contribution is -2.43. The van der Waals surface area contributed by atoms with Gasteiger partial charge in [-0.15, -0.1) is 11.3 Å². The average Bonchev–Trinajstić information content (AvgIpc) is 4.03. The molecule has 4 aromatic heterocycles. The average molecular weight is 880 g/mol. The van der Waals surface area contributed by atoms with E-state index in [1.807, 2.05) is 53.9 Å². The largest absolute Gasteiger partial charge is 0.497 e. The molecule has 0 atom stereocenters. The molecule has 0 aliphatic carbocycles. The van der Waals surface area contributed by atoms with Crippen molar-refractivity contribution in [3.8, 4) is 22.1 Å². The van der Waals surface area contributed by atoms with Gasteiger partial charge in [0.05, 0.1) is 47.0 Å². The maximum absolute atomic E-state index is 13.0. The molecule has 2 aliphatic heterocycles. The Bertz CT molecular complexity index is 2620. The van der Waals surface area contributed by atoms with E-state index in [4.69, 9.17) is 19.7 Å². The number of thiophene rings is 1. The summed E-state index contributed by atoms with van der Waals surface area (Å²) in [7, 11) is 6.30. The number of ether oxygens (including phenoxy) is 2. The van der Waals surface area contributed by atoms with Gasteiger partial charge >= 0.3 is 0 Å². The second kappa shape index (κ2) is 21.0. The number of methoxy groups -OCH3 is 2. The molecule has 0 bridgehead atoms. The number of carbonyl (C=O) groups excluding carboxylic acids is 2. The van der Waals surface area contributed by atoms with Crippen LogP contribution < -0.4 is 42.3 Å². The first-order chi connectivity index (χ1) is 30.6. The van der Waals surface area contributed by atoms with Crippen LogP contribution in [-0.2, 0) is 19.6 Å². The molecule has 2 aromatic carbocycles. The van der Waals surface area contributed by atoms with E-state index in [9.17, 15) is 19.2 Å². The molecule has 0 unspecified atom stereocenters. The SMILES string of the molecule is CNC(=O)c1cc(=O)n(CCN2CCC(N)CC2)c2cc(OC)ccc12.CNC(=O)c1cc(=O)n(CCN2CCC(NCc3cc(-c4cccs4)on3)CC2)c2cc(OC)ccc12. The van der Waals surface area contributed by atoms with Crippen LogP contribution in [0.3, 0.4) is 0 Å². The van der Waals surface area contributed by atoms with E-state index in [0.717, 1.165) is 92.1 Å². The first-order valence-electron chi connectivity index (χ1n) is 21.4. The number of hydrogen-bond donors (Lipinski definition) is 4. The molecule has 5 N–H and O–H groups in total. The minimum Gasteiger partial charge on any atom is -0.497 e. The smallest absolute Gasteiger partial charge is 0.251 e. The Kier molecular flexibility index (Phi) is 15.1. The van der Waals surface area contributed by atoms with Crippen molar-refractivity contribution in [2.24, 2.45) is 5.73 Å². The quantitative estimate of drug-likeness (QED) is 0.123. The standard InChI is InChI=1S/C27H31N5O4S.C19H26N4O3/c1-28-27(34)22-16-26(33)32(23-15-20(35-2)5-6-21(22)23)12-11-31-9-7-18(8-10-31)29-17-19-14-24(36-30-19)25-4-3-13-37-25;1-21-19(25)16-12-18(24)23(10-9-22-7-5-13(20)6-8-22)17-11-14(26-2)3-4-15(16)17/h3-6,13-16,18,29H,7-12,17H2,1-2H3,(H,28,34);3-4,11-13H,5-10,20H2,1-2H3,(H,21,25). The molecular formula is C46H57N9O7S. The number of nitrogens with two attached hydrogens (primary N) is 1. The summed E-state index contributed by atoms with van der Waals surface area (Å²) < 4.78 is 19.6. The van der Waals surface area contributed by atoms with E-state index in [0.29, 0.717) is 59.3 Å². The maximum atomic E-state index is 13.0. The van der Waals surface area contributed by atoms with E-state index in [1.54, 1.807) is 54.9 Å². The first-order valence-corrected chi connectivity index (χ1v) is 22.3. The Morgan fingerprint density at radius 2 is 1.27 bits per heavy atom. The van der Waals surface area contributed by atoms with Crippen molar-refractivity contribution in [3.63, 3.8) is 0 Å². The normalized spacial score (nSPS) is 15.3. The van der Waals surface area contributed by atoms with Crippen LogP contribution in [0.5, 0.6) is 11.5 Å². The molecule has 0 spiro atoms. The Labute approximate surface area is 369 Å². The third kappa shape index (κ3) is 10.9. The van der Waals surface area contributed by atoms with Crippen LogP contribution in [0.1, 0.15) is 52.1 Å². The molecule has 63 heavy (non-hydrogen) atoms. The molecule has 0 saturated carbocycles.